The zero-order valence-corrected chi connectivity index (χ0v) is 12.5. The van der Waals surface area contributed by atoms with Crippen LogP contribution in [0.2, 0.25) is 0 Å². The molecule has 20 heavy (non-hydrogen) atoms. The van der Waals surface area contributed by atoms with E-state index in [-0.39, 0.29) is 11.3 Å². The molecule has 0 aliphatic rings. The van der Waals surface area contributed by atoms with E-state index in [1.807, 2.05) is 61.5 Å². The third-order valence-electron chi connectivity index (χ3n) is 3.31. The highest BCUT2D eigenvalue weighted by atomic mass is 32.2. The SMILES string of the molecule is COc1ccccc1S(=O)C(C)C(N)c1ccccc1. The third kappa shape index (κ3) is 3.08. The summed E-state index contributed by atoms with van der Waals surface area (Å²) in [4.78, 5) is 0.689. The fourth-order valence-corrected chi connectivity index (χ4v) is 3.45. The zero-order chi connectivity index (χ0) is 14.5. The van der Waals surface area contributed by atoms with Crippen LogP contribution in [0.5, 0.6) is 5.75 Å². The van der Waals surface area contributed by atoms with Crippen molar-refractivity contribution < 1.29 is 8.95 Å². The molecule has 0 aliphatic heterocycles. The van der Waals surface area contributed by atoms with Gasteiger partial charge in [-0.2, -0.15) is 0 Å². The smallest absolute Gasteiger partial charge is 0.134 e. The van der Waals surface area contributed by atoms with Crippen molar-refractivity contribution in [3.05, 3.63) is 60.2 Å². The highest BCUT2D eigenvalue weighted by molar-refractivity contribution is 7.85. The Labute approximate surface area is 122 Å². The van der Waals surface area contributed by atoms with Crippen molar-refractivity contribution >= 4 is 10.8 Å². The van der Waals surface area contributed by atoms with E-state index >= 15 is 0 Å². The van der Waals surface area contributed by atoms with Gasteiger partial charge in [0.05, 0.1) is 28.1 Å². The molecule has 0 saturated heterocycles. The van der Waals surface area contributed by atoms with Gasteiger partial charge in [-0.1, -0.05) is 42.5 Å². The van der Waals surface area contributed by atoms with Gasteiger partial charge in [-0.25, -0.2) is 0 Å². The Hall–Kier alpha value is -1.65. The van der Waals surface area contributed by atoms with Crippen molar-refractivity contribution in [2.45, 2.75) is 23.1 Å². The van der Waals surface area contributed by atoms with Gasteiger partial charge in [-0.05, 0) is 24.6 Å². The molecule has 2 N–H and O–H groups in total. The van der Waals surface area contributed by atoms with Crippen LogP contribution in [0.25, 0.3) is 0 Å². The first kappa shape index (κ1) is 14.8. The third-order valence-corrected chi connectivity index (χ3v) is 5.05. The molecule has 3 atom stereocenters. The fourth-order valence-electron chi connectivity index (χ4n) is 2.06. The van der Waals surface area contributed by atoms with E-state index in [4.69, 9.17) is 10.5 Å². The van der Waals surface area contributed by atoms with Gasteiger partial charge in [0, 0.05) is 6.04 Å². The van der Waals surface area contributed by atoms with E-state index in [2.05, 4.69) is 0 Å². The molecule has 2 aromatic carbocycles. The van der Waals surface area contributed by atoms with Crippen LogP contribution in [0.15, 0.2) is 59.5 Å². The highest BCUT2D eigenvalue weighted by Gasteiger charge is 2.24. The Kier molecular flexibility index (Phi) is 4.93. The largest absolute Gasteiger partial charge is 0.495 e. The topological polar surface area (TPSA) is 52.3 Å². The summed E-state index contributed by atoms with van der Waals surface area (Å²) < 4.78 is 18.0. The lowest BCUT2D eigenvalue weighted by Crippen LogP contribution is -2.27. The lowest BCUT2D eigenvalue weighted by Gasteiger charge is -2.20. The summed E-state index contributed by atoms with van der Waals surface area (Å²) in [6.07, 6.45) is 0. The number of hydrogen-bond acceptors (Lipinski definition) is 3. The molecule has 2 rings (SSSR count). The molecule has 0 bridgehead atoms. The molecular formula is C16H19NO2S. The van der Waals surface area contributed by atoms with Gasteiger partial charge in [0.1, 0.15) is 5.75 Å². The molecule has 2 aromatic rings. The molecular weight excluding hydrogens is 270 g/mol. The van der Waals surface area contributed by atoms with E-state index in [1.165, 1.54) is 0 Å². The summed E-state index contributed by atoms with van der Waals surface area (Å²) >= 11 is 0. The van der Waals surface area contributed by atoms with E-state index in [9.17, 15) is 4.21 Å². The minimum atomic E-state index is -1.22. The Morgan fingerprint density at radius 2 is 1.65 bits per heavy atom. The number of ether oxygens (including phenoxy) is 1. The second-order valence-corrected chi connectivity index (χ2v) is 6.37. The maximum absolute atomic E-state index is 12.7. The molecule has 0 fully saturated rings. The van der Waals surface area contributed by atoms with Gasteiger partial charge in [0.2, 0.25) is 0 Å². The van der Waals surface area contributed by atoms with Crippen LogP contribution >= 0.6 is 0 Å². The number of nitrogens with two attached hydrogens (primary N) is 1. The number of hydrogen-bond donors (Lipinski definition) is 1. The second-order valence-electron chi connectivity index (χ2n) is 4.59. The van der Waals surface area contributed by atoms with Gasteiger partial charge in [0.15, 0.2) is 0 Å². The number of methoxy groups -OCH3 is 1. The molecule has 0 amide bonds. The molecule has 3 nitrogen and oxygen atoms in total. The first-order valence-corrected chi connectivity index (χ1v) is 7.70. The summed E-state index contributed by atoms with van der Waals surface area (Å²) in [5.74, 6) is 0.637. The van der Waals surface area contributed by atoms with Gasteiger partial charge >= 0.3 is 0 Å². The summed E-state index contributed by atoms with van der Waals surface area (Å²) in [5.41, 5.74) is 7.22. The summed E-state index contributed by atoms with van der Waals surface area (Å²) in [5, 5.41) is -0.200. The molecule has 3 unspecified atom stereocenters. The average molecular weight is 289 g/mol. The van der Waals surface area contributed by atoms with Crippen LogP contribution in [0.1, 0.15) is 18.5 Å². The average Bonchev–Trinajstić information content (AvgIpc) is 2.53. The Balaban J connectivity index is 2.24. The van der Waals surface area contributed by atoms with Crippen LogP contribution in [0, 0.1) is 0 Å². The zero-order valence-electron chi connectivity index (χ0n) is 11.7. The van der Waals surface area contributed by atoms with Crippen LogP contribution in [-0.4, -0.2) is 16.6 Å². The molecule has 106 valence electrons. The van der Waals surface area contributed by atoms with Gasteiger partial charge in [0.25, 0.3) is 0 Å². The van der Waals surface area contributed by atoms with Crippen molar-refractivity contribution in [1.82, 2.24) is 0 Å². The molecule has 0 aliphatic carbocycles. The molecule has 0 radical (unpaired) electrons. The van der Waals surface area contributed by atoms with E-state index in [0.717, 1.165) is 5.56 Å². The van der Waals surface area contributed by atoms with E-state index in [1.54, 1.807) is 7.11 Å². The van der Waals surface area contributed by atoms with Crippen LogP contribution < -0.4 is 10.5 Å². The first-order chi connectivity index (χ1) is 9.65. The number of rotatable bonds is 5. The van der Waals surface area contributed by atoms with Crippen LogP contribution in [0.4, 0.5) is 0 Å². The second kappa shape index (κ2) is 6.68. The standard InChI is InChI=1S/C16H19NO2S/c1-12(16(17)13-8-4-3-5-9-13)20(18)15-11-7-6-10-14(15)19-2/h3-12,16H,17H2,1-2H3. The fraction of sp³-hybridized carbons (Fsp3) is 0.250. The van der Waals surface area contributed by atoms with Crippen molar-refractivity contribution in [3.63, 3.8) is 0 Å². The molecule has 0 aromatic heterocycles. The van der Waals surface area contributed by atoms with E-state index in [0.29, 0.717) is 10.6 Å². The number of benzene rings is 2. The Morgan fingerprint density at radius 3 is 2.30 bits per heavy atom. The molecule has 0 heterocycles. The molecule has 4 heteroatoms. The molecule has 0 spiro atoms. The van der Waals surface area contributed by atoms with Crippen molar-refractivity contribution in [3.8, 4) is 5.75 Å². The Morgan fingerprint density at radius 1 is 1.05 bits per heavy atom. The van der Waals surface area contributed by atoms with E-state index < -0.39 is 10.8 Å². The lowest BCUT2D eigenvalue weighted by atomic mass is 10.1. The Bertz CT molecular complexity index is 586. The summed E-state index contributed by atoms with van der Waals surface area (Å²) in [6.45, 7) is 1.90. The summed E-state index contributed by atoms with van der Waals surface area (Å²) in [6, 6.07) is 16.8. The van der Waals surface area contributed by atoms with Crippen molar-refractivity contribution in [2.75, 3.05) is 7.11 Å². The van der Waals surface area contributed by atoms with Gasteiger partial charge in [-0.3, -0.25) is 4.21 Å². The van der Waals surface area contributed by atoms with Gasteiger partial charge < -0.3 is 10.5 Å². The quantitative estimate of drug-likeness (QED) is 0.921. The molecule has 0 saturated carbocycles. The maximum Gasteiger partial charge on any atom is 0.134 e. The number of para-hydroxylation sites is 1. The van der Waals surface area contributed by atoms with Crippen molar-refractivity contribution in [1.29, 1.82) is 0 Å². The minimum absolute atomic E-state index is 0.200. The normalized spacial score (nSPS) is 15.3. The van der Waals surface area contributed by atoms with Crippen molar-refractivity contribution in [2.24, 2.45) is 5.73 Å². The lowest BCUT2D eigenvalue weighted by molar-refractivity contribution is 0.403. The van der Waals surface area contributed by atoms with Gasteiger partial charge in [-0.15, -0.1) is 0 Å². The predicted molar refractivity (Wildman–Crippen MR) is 82.2 cm³/mol. The first-order valence-electron chi connectivity index (χ1n) is 6.49. The van der Waals surface area contributed by atoms with Crippen LogP contribution in [-0.2, 0) is 10.8 Å². The minimum Gasteiger partial charge on any atom is -0.495 e. The predicted octanol–water partition coefficient (Wildman–Crippen LogP) is 2.89. The highest BCUT2D eigenvalue weighted by Crippen LogP contribution is 2.27. The monoisotopic (exact) mass is 289 g/mol. The summed E-state index contributed by atoms with van der Waals surface area (Å²) in [7, 11) is 0.361. The maximum atomic E-state index is 12.7. The van der Waals surface area contributed by atoms with Crippen LogP contribution in [0.3, 0.4) is 0 Å².